The third-order valence-electron chi connectivity index (χ3n) is 5.49. The second kappa shape index (κ2) is 12.1. The molecule has 2 fully saturated rings. The Bertz CT molecular complexity index is 672. The Morgan fingerprint density at radius 2 is 2.10 bits per heavy atom. The number of ether oxygens (including phenoxy) is 3. The van der Waals surface area contributed by atoms with Crippen molar-refractivity contribution in [2.24, 2.45) is 4.99 Å². The lowest BCUT2D eigenvalue weighted by molar-refractivity contribution is 0.140. The van der Waals surface area contributed by atoms with Gasteiger partial charge in [0.2, 0.25) is 0 Å². The summed E-state index contributed by atoms with van der Waals surface area (Å²) in [6, 6.07) is 7.07. The molecular formula is C23H38N4O3. The van der Waals surface area contributed by atoms with E-state index < -0.39 is 0 Å². The van der Waals surface area contributed by atoms with Crippen LogP contribution in [0.5, 0.6) is 5.75 Å². The summed E-state index contributed by atoms with van der Waals surface area (Å²) >= 11 is 0. The predicted molar refractivity (Wildman–Crippen MR) is 120 cm³/mol. The van der Waals surface area contributed by atoms with E-state index >= 15 is 0 Å². The molecule has 1 aromatic rings. The summed E-state index contributed by atoms with van der Waals surface area (Å²) in [6.07, 6.45) is 3.70. The van der Waals surface area contributed by atoms with Crippen LogP contribution in [0.3, 0.4) is 0 Å². The maximum Gasteiger partial charge on any atom is 0.191 e. The van der Waals surface area contributed by atoms with E-state index in [1.54, 1.807) is 7.11 Å². The van der Waals surface area contributed by atoms with Crippen molar-refractivity contribution in [3.05, 3.63) is 29.3 Å². The first-order valence-corrected chi connectivity index (χ1v) is 11.3. The molecule has 1 atom stereocenters. The number of hydrogen-bond acceptors (Lipinski definition) is 5. The number of rotatable bonds is 12. The Morgan fingerprint density at radius 3 is 2.80 bits per heavy atom. The largest absolute Gasteiger partial charge is 0.488 e. The topological polar surface area (TPSA) is 67.4 Å². The van der Waals surface area contributed by atoms with Crippen molar-refractivity contribution in [1.82, 2.24) is 15.5 Å². The molecule has 0 spiro atoms. The van der Waals surface area contributed by atoms with E-state index in [2.05, 4.69) is 47.6 Å². The van der Waals surface area contributed by atoms with Crippen molar-refractivity contribution < 1.29 is 14.2 Å². The molecule has 1 aliphatic heterocycles. The minimum atomic E-state index is 0.140. The average molecular weight is 419 g/mol. The van der Waals surface area contributed by atoms with E-state index in [4.69, 9.17) is 19.2 Å². The van der Waals surface area contributed by atoms with Gasteiger partial charge in [0.15, 0.2) is 5.96 Å². The molecule has 7 nitrogen and oxygen atoms in total. The summed E-state index contributed by atoms with van der Waals surface area (Å²) < 4.78 is 16.9. The molecule has 1 saturated heterocycles. The summed E-state index contributed by atoms with van der Waals surface area (Å²) in [6.45, 7) is 10.7. The number of hydrogen-bond donors (Lipinski definition) is 2. The van der Waals surface area contributed by atoms with Crippen LogP contribution in [0.4, 0.5) is 0 Å². The molecule has 168 valence electrons. The first-order valence-electron chi connectivity index (χ1n) is 11.3. The summed E-state index contributed by atoms with van der Waals surface area (Å²) in [7, 11) is 1.77. The molecule has 0 bridgehead atoms. The highest BCUT2D eigenvalue weighted by Gasteiger charge is 2.28. The summed E-state index contributed by atoms with van der Waals surface area (Å²) in [5, 5.41) is 6.83. The Balaban J connectivity index is 1.55. The van der Waals surface area contributed by atoms with E-state index in [1.165, 1.54) is 18.4 Å². The van der Waals surface area contributed by atoms with Gasteiger partial charge < -0.3 is 24.8 Å². The van der Waals surface area contributed by atoms with E-state index in [0.717, 1.165) is 69.1 Å². The molecule has 1 saturated carbocycles. The van der Waals surface area contributed by atoms with Crippen LogP contribution in [0, 0.1) is 6.92 Å². The summed E-state index contributed by atoms with van der Waals surface area (Å²) in [5.74, 6) is 1.76. The fourth-order valence-corrected chi connectivity index (χ4v) is 3.64. The lowest BCUT2D eigenvalue weighted by Gasteiger charge is -2.22. The van der Waals surface area contributed by atoms with Gasteiger partial charge in [-0.15, -0.1) is 0 Å². The van der Waals surface area contributed by atoms with Crippen LogP contribution in [0.15, 0.2) is 23.2 Å². The van der Waals surface area contributed by atoms with Crippen LogP contribution in [0.1, 0.15) is 37.3 Å². The van der Waals surface area contributed by atoms with Crippen LogP contribution < -0.4 is 15.4 Å². The van der Waals surface area contributed by atoms with Gasteiger partial charge in [-0.25, -0.2) is 4.99 Å². The monoisotopic (exact) mass is 418 g/mol. The standard InChI is InChI=1S/C23H38N4O3/c1-4-24-23(25-10-11-27(12-14-28-3)20-7-8-20)26-16-19-6-5-18(2)15-22(19)30-21-9-13-29-17-21/h5-6,15,20-21H,4,7-14,16-17H2,1-3H3,(H2,24,25,26). The zero-order valence-electron chi connectivity index (χ0n) is 18.8. The molecule has 2 aliphatic rings. The minimum absolute atomic E-state index is 0.140. The smallest absolute Gasteiger partial charge is 0.191 e. The van der Waals surface area contributed by atoms with Crippen molar-refractivity contribution in [2.45, 2.75) is 51.8 Å². The van der Waals surface area contributed by atoms with E-state index in [9.17, 15) is 0 Å². The fourth-order valence-electron chi connectivity index (χ4n) is 3.64. The van der Waals surface area contributed by atoms with Gasteiger partial charge in [0.25, 0.3) is 0 Å². The molecule has 0 amide bonds. The van der Waals surface area contributed by atoms with Crippen molar-refractivity contribution in [1.29, 1.82) is 0 Å². The second-order valence-corrected chi connectivity index (χ2v) is 8.10. The number of nitrogens with zero attached hydrogens (tertiary/aromatic N) is 2. The third kappa shape index (κ3) is 7.45. The van der Waals surface area contributed by atoms with Crippen molar-refractivity contribution >= 4 is 5.96 Å². The molecule has 1 aromatic carbocycles. The molecule has 3 rings (SSSR count). The number of nitrogens with one attached hydrogen (secondary N) is 2. The van der Waals surface area contributed by atoms with Crippen LogP contribution >= 0.6 is 0 Å². The molecule has 2 N–H and O–H groups in total. The molecular weight excluding hydrogens is 380 g/mol. The predicted octanol–water partition coefficient (Wildman–Crippen LogP) is 2.33. The van der Waals surface area contributed by atoms with Gasteiger partial charge in [0.1, 0.15) is 11.9 Å². The fraction of sp³-hybridized carbons (Fsp3) is 0.696. The molecule has 0 aromatic heterocycles. The molecule has 1 aliphatic carbocycles. The molecule has 0 radical (unpaired) electrons. The zero-order chi connectivity index (χ0) is 21.2. The summed E-state index contributed by atoms with van der Waals surface area (Å²) in [5.41, 5.74) is 2.29. The molecule has 1 heterocycles. The molecule has 7 heteroatoms. The van der Waals surface area contributed by atoms with Gasteiger partial charge >= 0.3 is 0 Å². The SMILES string of the molecule is CCNC(=NCc1ccc(C)cc1OC1CCOC1)NCCN(CCOC)C1CC1. The van der Waals surface area contributed by atoms with Gasteiger partial charge in [-0.1, -0.05) is 12.1 Å². The third-order valence-corrected chi connectivity index (χ3v) is 5.49. The maximum atomic E-state index is 6.21. The Morgan fingerprint density at radius 1 is 1.23 bits per heavy atom. The molecule has 30 heavy (non-hydrogen) atoms. The number of guanidine groups is 1. The number of aliphatic imine (C=N–C) groups is 1. The number of aryl methyl sites for hydroxylation is 1. The first kappa shape index (κ1) is 22.8. The second-order valence-electron chi connectivity index (χ2n) is 8.10. The lowest BCUT2D eigenvalue weighted by Crippen LogP contribution is -2.42. The first-order chi connectivity index (χ1) is 14.7. The zero-order valence-corrected chi connectivity index (χ0v) is 18.8. The van der Waals surface area contributed by atoms with E-state index in [0.29, 0.717) is 13.2 Å². The van der Waals surface area contributed by atoms with Crippen LogP contribution in [0.2, 0.25) is 0 Å². The summed E-state index contributed by atoms with van der Waals surface area (Å²) in [4.78, 5) is 7.32. The minimum Gasteiger partial charge on any atom is -0.488 e. The maximum absolute atomic E-state index is 6.21. The number of methoxy groups -OCH3 is 1. The van der Waals surface area contributed by atoms with Crippen molar-refractivity contribution in [2.75, 3.05) is 53.1 Å². The van der Waals surface area contributed by atoms with Gasteiger partial charge in [-0.3, -0.25) is 4.90 Å². The highest BCUT2D eigenvalue weighted by molar-refractivity contribution is 5.79. The van der Waals surface area contributed by atoms with Crippen molar-refractivity contribution in [3.63, 3.8) is 0 Å². The Hall–Kier alpha value is -1.83. The van der Waals surface area contributed by atoms with Crippen LogP contribution in [0.25, 0.3) is 0 Å². The van der Waals surface area contributed by atoms with Gasteiger partial charge in [-0.05, 0) is 38.3 Å². The Labute approximate surface area is 181 Å². The van der Waals surface area contributed by atoms with Crippen LogP contribution in [-0.4, -0.2) is 76.1 Å². The Kier molecular flexibility index (Phi) is 9.24. The number of benzene rings is 1. The van der Waals surface area contributed by atoms with Gasteiger partial charge in [0, 0.05) is 51.3 Å². The average Bonchev–Trinajstić information content (AvgIpc) is 3.46. The van der Waals surface area contributed by atoms with E-state index in [-0.39, 0.29) is 6.10 Å². The van der Waals surface area contributed by atoms with E-state index in [1.807, 2.05) is 0 Å². The highest BCUT2D eigenvalue weighted by Crippen LogP contribution is 2.26. The highest BCUT2D eigenvalue weighted by atomic mass is 16.5. The normalized spacial score (nSPS) is 19.3. The quantitative estimate of drug-likeness (QED) is 0.401. The van der Waals surface area contributed by atoms with Crippen LogP contribution in [-0.2, 0) is 16.0 Å². The van der Waals surface area contributed by atoms with Gasteiger partial charge in [0.05, 0.1) is 26.4 Å². The van der Waals surface area contributed by atoms with Gasteiger partial charge in [-0.2, -0.15) is 0 Å². The molecule has 1 unspecified atom stereocenters. The van der Waals surface area contributed by atoms with Crippen molar-refractivity contribution in [3.8, 4) is 5.75 Å². The lowest BCUT2D eigenvalue weighted by atomic mass is 10.1.